The first-order valence-corrected chi connectivity index (χ1v) is 9.94. The van der Waals surface area contributed by atoms with Crippen molar-refractivity contribution in [2.45, 2.75) is 32.2 Å². The summed E-state index contributed by atoms with van der Waals surface area (Å²) in [4.78, 5) is 25.4. The number of carbonyl (C=O) groups excluding carboxylic acids is 1. The number of aromatic hydroxyl groups is 2. The summed E-state index contributed by atoms with van der Waals surface area (Å²) in [6.45, 7) is 1.93. The third kappa shape index (κ3) is 4.96. The number of halogens is 2. The van der Waals surface area contributed by atoms with Crippen molar-refractivity contribution in [1.82, 2.24) is 4.57 Å². The number of rotatable bonds is 7. The van der Waals surface area contributed by atoms with Crippen molar-refractivity contribution < 1.29 is 28.5 Å². The van der Waals surface area contributed by atoms with Crippen molar-refractivity contribution in [2.24, 2.45) is 0 Å². The summed E-state index contributed by atoms with van der Waals surface area (Å²) < 4.78 is 33.5. The molecular weight excluding hydrogens is 420 g/mol. The molecule has 0 radical (unpaired) electrons. The number of carbonyl (C=O) groups is 1. The standard InChI is InChI=1S/C24H23F2NO5/c1-14-11-21(29)23(24(31)27(14)10-9-15-3-6-17(28)7-4-15)18(13-22(30)32-2)16-5-8-19(25)20(26)12-16/h3-8,11-12,18,28-29H,9-10,13H2,1-2H3/t18-/m1/s1. The lowest BCUT2D eigenvalue weighted by molar-refractivity contribution is -0.140. The molecule has 1 heterocycles. The van der Waals surface area contributed by atoms with Gasteiger partial charge in [-0.05, 0) is 54.8 Å². The molecule has 0 fully saturated rings. The summed E-state index contributed by atoms with van der Waals surface area (Å²) in [6.07, 6.45) is 0.128. The minimum absolute atomic E-state index is 0.0993. The zero-order chi connectivity index (χ0) is 23.4. The second-order valence-corrected chi connectivity index (χ2v) is 7.46. The minimum Gasteiger partial charge on any atom is -0.508 e. The molecule has 0 saturated heterocycles. The summed E-state index contributed by atoms with van der Waals surface area (Å²) in [7, 11) is 1.18. The summed E-state index contributed by atoms with van der Waals surface area (Å²) in [6, 6.07) is 11.0. The van der Waals surface area contributed by atoms with Gasteiger partial charge >= 0.3 is 5.97 Å². The second kappa shape index (κ2) is 9.64. The van der Waals surface area contributed by atoms with Crippen LogP contribution in [-0.4, -0.2) is 27.9 Å². The van der Waals surface area contributed by atoms with Crippen LogP contribution in [0.1, 0.15) is 34.7 Å². The number of phenols is 1. The van der Waals surface area contributed by atoms with Gasteiger partial charge in [0.05, 0.1) is 19.1 Å². The molecule has 168 valence electrons. The Morgan fingerprint density at radius 3 is 2.38 bits per heavy atom. The lowest BCUT2D eigenvalue weighted by Crippen LogP contribution is -2.29. The van der Waals surface area contributed by atoms with Gasteiger partial charge in [0.15, 0.2) is 11.6 Å². The molecule has 3 aromatic rings. The number of aryl methyl sites for hydroxylation is 2. The van der Waals surface area contributed by atoms with E-state index in [1.54, 1.807) is 31.2 Å². The maximum atomic E-state index is 13.9. The van der Waals surface area contributed by atoms with Crippen molar-refractivity contribution >= 4 is 5.97 Å². The van der Waals surface area contributed by atoms with Crippen LogP contribution in [0, 0.1) is 18.6 Å². The Kier molecular flexibility index (Phi) is 6.92. The van der Waals surface area contributed by atoms with E-state index < -0.39 is 29.1 Å². The first-order chi connectivity index (χ1) is 15.2. The van der Waals surface area contributed by atoms with E-state index in [4.69, 9.17) is 4.74 Å². The highest BCUT2D eigenvalue weighted by atomic mass is 19.2. The van der Waals surface area contributed by atoms with Crippen LogP contribution in [0.25, 0.3) is 0 Å². The molecule has 6 nitrogen and oxygen atoms in total. The second-order valence-electron chi connectivity index (χ2n) is 7.46. The highest BCUT2D eigenvalue weighted by Crippen LogP contribution is 2.33. The molecule has 2 aromatic carbocycles. The van der Waals surface area contributed by atoms with Gasteiger partial charge in [0.25, 0.3) is 5.56 Å². The van der Waals surface area contributed by atoms with Crippen LogP contribution in [0.5, 0.6) is 11.5 Å². The quantitative estimate of drug-likeness (QED) is 0.543. The molecule has 8 heteroatoms. The van der Waals surface area contributed by atoms with E-state index in [2.05, 4.69) is 0 Å². The number of methoxy groups -OCH3 is 1. The van der Waals surface area contributed by atoms with Gasteiger partial charge in [0, 0.05) is 18.2 Å². The van der Waals surface area contributed by atoms with E-state index in [1.807, 2.05) is 0 Å². The minimum atomic E-state index is -1.13. The lowest BCUT2D eigenvalue weighted by Gasteiger charge is -2.20. The van der Waals surface area contributed by atoms with Crippen LogP contribution in [0.2, 0.25) is 0 Å². The monoisotopic (exact) mass is 443 g/mol. The molecule has 0 aliphatic carbocycles. The number of aromatic nitrogens is 1. The van der Waals surface area contributed by atoms with Crippen LogP contribution in [-0.2, 0) is 22.5 Å². The summed E-state index contributed by atoms with van der Waals surface area (Å²) in [5.41, 5.74) is 0.904. The van der Waals surface area contributed by atoms with Gasteiger partial charge < -0.3 is 19.5 Å². The molecule has 1 aromatic heterocycles. The molecule has 1 atom stereocenters. The average molecular weight is 443 g/mol. The number of pyridine rings is 1. The summed E-state index contributed by atoms with van der Waals surface area (Å²) in [5, 5.41) is 20.0. The average Bonchev–Trinajstić information content (AvgIpc) is 2.75. The molecule has 0 spiro atoms. The molecule has 0 aliphatic rings. The number of hydrogen-bond donors (Lipinski definition) is 2. The lowest BCUT2D eigenvalue weighted by atomic mass is 9.88. The normalized spacial score (nSPS) is 11.9. The van der Waals surface area contributed by atoms with E-state index in [1.165, 1.54) is 23.8 Å². The van der Waals surface area contributed by atoms with Crippen molar-refractivity contribution in [3.63, 3.8) is 0 Å². The fourth-order valence-corrected chi connectivity index (χ4v) is 3.64. The van der Waals surface area contributed by atoms with Gasteiger partial charge in [-0.15, -0.1) is 0 Å². The van der Waals surface area contributed by atoms with Crippen molar-refractivity contribution in [3.05, 3.63) is 92.9 Å². The van der Waals surface area contributed by atoms with Gasteiger partial charge in [0.2, 0.25) is 0 Å². The van der Waals surface area contributed by atoms with E-state index in [9.17, 15) is 28.6 Å². The molecule has 0 bridgehead atoms. The van der Waals surface area contributed by atoms with E-state index in [0.29, 0.717) is 12.1 Å². The van der Waals surface area contributed by atoms with Crippen molar-refractivity contribution in [3.8, 4) is 11.5 Å². The fourth-order valence-electron chi connectivity index (χ4n) is 3.64. The number of esters is 1. The molecule has 0 aliphatic heterocycles. The van der Waals surface area contributed by atoms with E-state index in [-0.39, 0.29) is 35.6 Å². The predicted molar refractivity (Wildman–Crippen MR) is 114 cm³/mol. The SMILES string of the molecule is COC(=O)C[C@H](c1ccc(F)c(F)c1)c1c(O)cc(C)n(CCc2ccc(O)cc2)c1=O. The Hall–Kier alpha value is -3.68. The Morgan fingerprint density at radius 2 is 1.75 bits per heavy atom. The molecule has 32 heavy (non-hydrogen) atoms. The van der Waals surface area contributed by atoms with Gasteiger partial charge in [-0.25, -0.2) is 8.78 Å². The summed E-state index contributed by atoms with van der Waals surface area (Å²) >= 11 is 0. The topological polar surface area (TPSA) is 88.8 Å². The summed E-state index contributed by atoms with van der Waals surface area (Å²) in [5.74, 6) is -4.11. The van der Waals surface area contributed by atoms with Gasteiger partial charge in [0.1, 0.15) is 11.5 Å². The number of nitrogens with zero attached hydrogens (tertiary/aromatic N) is 1. The van der Waals surface area contributed by atoms with Crippen molar-refractivity contribution in [1.29, 1.82) is 0 Å². The Balaban J connectivity index is 2.06. The predicted octanol–water partition coefficient (Wildman–Crippen LogP) is 3.78. The molecule has 0 saturated carbocycles. The van der Waals surface area contributed by atoms with Gasteiger partial charge in [-0.2, -0.15) is 0 Å². The molecule has 0 unspecified atom stereocenters. The zero-order valence-corrected chi connectivity index (χ0v) is 17.6. The fraction of sp³-hybridized carbons (Fsp3) is 0.250. The number of hydrogen-bond acceptors (Lipinski definition) is 5. The maximum Gasteiger partial charge on any atom is 0.306 e. The van der Waals surface area contributed by atoms with Crippen LogP contribution in [0.15, 0.2) is 53.3 Å². The molecular formula is C24H23F2NO5. The third-order valence-electron chi connectivity index (χ3n) is 5.38. The number of ether oxygens (including phenoxy) is 1. The highest BCUT2D eigenvalue weighted by Gasteiger charge is 2.27. The zero-order valence-electron chi connectivity index (χ0n) is 17.6. The first-order valence-electron chi connectivity index (χ1n) is 9.94. The molecule has 3 rings (SSSR count). The molecule has 2 N–H and O–H groups in total. The highest BCUT2D eigenvalue weighted by molar-refractivity contribution is 5.71. The number of phenolic OH excluding ortho intramolecular Hbond substituents is 1. The van der Waals surface area contributed by atoms with Crippen molar-refractivity contribution in [2.75, 3.05) is 7.11 Å². The maximum absolute atomic E-state index is 13.9. The van der Waals surface area contributed by atoms with Gasteiger partial charge in [-0.3, -0.25) is 9.59 Å². The molecule has 0 amide bonds. The van der Waals surface area contributed by atoms with Crippen LogP contribution in [0.3, 0.4) is 0 Å². The third-order valence-corrected chi connectivity index (χ3v) is 5.38. The Labute approximate surface area is 183 Å². The smallest absolute Gasteiger partial charge is 0.306 e. The van der Waals surface area contributed by atoms with Gasteiger partial charge in [-0.1, -0.05) is 18.2 Å². The van der Waals surface area contributed by atoms with Crippen LogP contribution < -0.4 is 5.56 Å². The van der Waals surface area contributed by atoms with Crippen LogP contribution in [0.4, 0.5) is 8.78 Å². The Morgan fingerprint density at radius 1 is 1.06 bits per heavy atom. The number of benzene rings is 2. The van der Waals surface area contributed by atoms with E-state index in [0.717, 1.165) is 17.7 Å². The largest absolute Gasteiger partial charge is 0.508 e. The Bertz CT molecular complexity index is 1190. The first kappa shape index (κ1) is 23.0. The van der Waals surface area contributed by atoms with Crippen LogP contribution >= 0.6 is 0 Å². The van der Waals surface area contributed by atoms with E-state index >= 15 is 0 Å².